The molecule has 0 atom stereocenters. The lowest BCUT2D eigenvalue weighted by atomic mass is 10.1. The van der Waals surface area contributed by atoms with E-state index < -0.39 is 5.97 Å². The van der Waals surface area contributed by atoms with E-state index in [4.69, 9.17) is 4.74 Å². The maximum atomic E-state index is 12.0. The fourth-order valence-electron chi connectivity index (χ4n) is 2.42. The van der Waals surface area contributed by atoms with Gasteiger partial charge in [-0.3, -0.25) is 9.69 Å². The van der Waals surface area contributed by atoms with Crippen LogP contribution in [0.15, 0.2) is 29.6 Å². The van der Waals surface area contributed by atoms with Gasteiger partial charge in [0, 0.05) is 24.4 Å². The Morgan fingerprint density at radius 3 is 2.68 bits per heavy atom. The third-order valence-corrected chi connectivity index (χ3v) is 4.79. The Labute approximate surface area is 166 Å². The predicted molar refractivity (Wildman–Crippen MR) is 104 cm³/mol. The second-order valence-corrected chi connectivity index (χ2v) is 6.89. The monoisotopic (exact) mass is 400 g/mol. The van der Waals surface area contributed by atoms with Gasteiger partial charge in [-0.15, -0.1) is 21.5 Å². The highest BCUT2D eigenvalue weighted by Crippen LogP contribution is 2.21. The van der Waals surface area contributed by atoms with Gasteiger partial charge in [0.25, 0.3) is 0 Å². The number of aromatic nitrogens is 5. The predicted octanol–water partition coefficient (Wildman–Crippen LogP) is 2.22. The van der Waals surface area contributed by atoms with Crippen LogP contribution in [0.1, 0.15) is 25.1 Å². The zero-order valence-corrected chi connectivity index (χ0v) is 16.6. The number of rotatable bonds is 7. The molecule has 1 amide bonds. The number of ether oxygens (including phenoxy) is 1. The largest absolute Gasteiger partial charge is 0.458 e. The molecule has 2 heterocycles. The van der Waals surface area contributed by atoms with Gasteiger partial charge < -0.3 is 4.74 Å². The van der Waals surface area contributed by atoms with Crippen LogP contribution in [0.5, 0.6) is 0 Å². The molecule has 2 aromatic heterocycles. The van der Waals surface area contributed by atoms with Gasteiger partial charge in [0.05, 0.1) is 5.69 Å². The quantitative estimate of drug-likeness (QED) is 0.560. The zero-order chi connectivity index (χ0) is 20.1. The lowest BCUT2D eigenvalue weighted by Crippen LogP contribution is -2.27. The Hall–Kier alpha value is -3.14. The van der Waals surface area contributed by atoms with E-state index >= 15 is 0 Å². The molecule has 0 spiro atoms. The molecular weight excluding hydrogens is 380 g/mol. The highest BCUT2D eigenvalue weighted by atomic mass is 32.1. The van der Waals surface area contributed by atoms with Crippen LogP contribution in [0.3, 0.4) is 0 Å². The summed E-state index contributed by atoms with van der Waals surface area (Å²) in [6.07, 6.45) is 0. The molecule has 0 N–H and O–H groups in total. The van der Waals surface area contributed by atoms with Crippen molar-refractivity contribution in [3.05, 3.63) is 40.9 Å². The molecule has 0 radical (unpaired) electrons. The molecule has 0 aliphatic rings. The molecule has 3 rings (SSSR count). The van der Waals surface area contributed by atoms with Crippen LogP contribution in [0.4, 0.5) is 5.13 Å². The van der Waals surface area contributed by atoms with Crippen LogP contribution in [0.25, 0.3) is 11.4 Å². The van der Waals surface area contributed by atoms with Gasteiger partial charge >= 0.3 is 5.97 Å². The summed E-state index contributed by atoms with van der Waals surface area (Å²) < 4.78 is 5.22. The van der Waals surface area contributed by atoms with Gasteiger partial charge in [-0.2, -0.15) is 4.80 Å². The maximum absolute atomic E-state index is 12.0. The Kier molecular flexibility index (Phi) is 6.09. The SMILES string of the molecule is CCN(C(C)=O)c1nc(COC(=O)Cn2nnc(-c3ccc(C)cc3)n2)cs1. The van der Waals surface area contributed by atoms with Crippen LogP contribution >= 0.6 is 11.3 Å². The highest BCUT2D eigenvalue weighted by molar-refractivity contribution is 7.14. The van der Waals surface area contributed by atoms with Gasteiger partial charge in [0.15, 0.2) is 11.7 Å². The van der Waals surface area contributed by atoms with Crippen molar-refractivity contribution < 1.29 is 14.3 Å². The lowest BCUT2D eigenvalue weighted by Gasteiger charge is -2.14. The van der Waals surface area contributed by atoms with Crippen LogP contribution in [0, 0.1) is 6.92 Å². The number of anilines is 1. The fourth-order valence-corrected chi connectivity index (χ4v) is 3.34. The zero-order valence-electron chi connectivity index (χ0n) is 15.8. The fraction of sp³-hybridized carbons (Fsp3) is 0.333. The molecule has 0 saturated carbocycles. The van der Waals surface area contributed by atoms with Crippen molar-refractivity contribution >= 4 is 28.3 Å². The molecule has 3 aromatic rings. The Balaban J connectivity index is 1.54. The van der Waals surface area contributed by atoms with Crippen molar-refractivity contribution in [2.45, 2.75) is 33.9 Å². The number of carbonyl (C=O) groups excluding carboxylic acids is 2. The van der Waals surface area contributed by atoms with Crippen molar-refractivity contribution in [2.75, 3.05) is 11.4 Å². The van der Waals surface area contributed by atoms with Gasteiger partial charge in [0.1, 0.15) is 6.61 Å². The molecule has 0 unspecified atom stereocenters. The van der Waals surface area contributed by atoms with Gasteiger partial charge in [-0.1, -0.05) is 29.8 Å². The minimum Gasteiger partial charge on any atom is -0.458 e. The second-order valence-electron chi connectivity index (χ2n) is 6.05. The molecule has 0 bridgehead atoms. The summed E-state index contributed by atoms with van der Waals surface area (Å²) in [5.74, 6) is -0.135. The van der Waals surface area contributed by atoms with Crippen molar-refractivity contribution in [1.82, 2.24) is 25.2 Å². The smallest absolute Gasteiger partial charge is 0.330 e. The number of amides is 1. The summed E-state index contributed by atoms with van der Waals surface area (Å²) in [7, 11) is 0. The summed E-state index contributed by atoms with van der Waals surface area (Å²) in [6, 6.07) is 7.71. The minimum absolute atomic E-state index is 0.0182. The molecule has 0 saturated heterocycles. The standard InChI is InChI=1S/C18H20N6O3S/c1-4-23(13(3)25)18-19-15(11-28-18)10-27-16(26)9-24-21-17(20-22-24)14-7-5-12(2)6-8-14/h5-8,11H,4,9-10H2,1-3H3. The topological polar surface area (TPSA) is 103 Å². The average molecular weight is 400 g/mol. The first-order chi connectivity index (χ1) is 13.5. The number of tetrazole rings is 1. The average Bonchev–Trinajstić information content (AvgIpc) is 3.31. The van der Waals surface area contributed by atoms with Gasteiger partial charge in [-0.25, -0.2) is 9.78 Å². The number of carbonyl (C=O) groups is 2. The first-order valence-electron chi connectivity index (χ1n) is 8.69. The summed E-state index contributed by atoms with van der Waals surface area (Å²) in [6.45, 7) is 5.76. The molecule has 0 aliphatic heterocycles. The van der Waals surface area contributed by atoms with E-state index in [1.165, 1.54) is 23.1 Å². The molecule has 28 heavy (non-hydrogen) atoms. The Morgan fingerprint density at radius 1 is 1.25 bits per heavy atom. The van der Waals surface area contributed by atoms with Gasteiger partial charge in [0.2, 0.25) is 11.7 Å². The lowest BCUT2D eigenvalue weighted by molar-refractivity contribution is -0.146. The molecular formula is C18H20N6O3S. The number of hydrogen-bond donors (Lipinski definition) is 0. The number of hydrogen-bond acceptors (Lipinski definition) is 8. The minimum atomic E-state index is -0.499. The number of benzene rings is 1. The van der Waals surface area contributed by atoms with E-state index in [0.717, 1.165) is 11.1 Å². The number of aryl methyl sites for hydroxylation is 1. The summed E-state index contributed by atoms with van der Waals surface area (Å²) in [4.78, 5) is 30.7. The maximum Gasteiger partial charge on any atom is 0.330 e. The molecule has 0 aliphatic carbocycles. The van der Waals surface area contributed by atoms with E-state index in [-0.39, 0.29) is 19.1 Å². The highest BCUT2D eigenvalue weighted by Gasteiger charge is 2.15. The first-order valence-corrected chi connectivity index (χ1v) is 9.57. The van der Waals surface area contributed by atoms with Crippen LogP contribution in [-0.4, -0.2) is 43.6 Å². The van der Waals surface area contributed by atoms with E-state index in [1.54, 1.807) is 10.3 Å². The van der Waals surface area contributed by atoms with E-state index in [0.29, 0.717) is 23.2 Å². The van der Waals surface area contributed by atoms with Crippen LogP contribution in [0.2, 0.25) is 0 Å². The summed E-state index contributed by atoms with van der Waals surface area (Å²) >= 11 is 1.33. The molecule has 146 valence electrons. The number of nitrogens with zero attached hydrogens (tertiary/aromatic N) is 6. The molecule has 0 fully saturated rings. The Bertz CT molecular complexity index is 966. The molecule has 1 aromatic carbocycles. The van der Waals surface area contributed by atoms with Crippen LogP contribution < -0.4 is 4.90 Å². The number of esters is 1. The van der Waals surface area contributed by atoms with Crippen molar-refractivity contribution in [1.29, 1.82) is 0 Å². The Morgan fingerprint density at radius 2 is 2.00 bits per heavy atom. The van der Waals surface area contributed by atoms with Crippen molar-refractivity contribution in [2.24, 2.45) is 0 Å². The summed E-state index contributed by atoms with van der Waals surface area (Å²) in [5.41, 5.74) is 2.54. The normalized spacial score (nSPS) is 10.7. The van der Waals surface area contributed by atoms with Gasteiger partial charge in [-0.05, 0) is 19.1 Å². The van der Waals surface area contributed by atoms with E-state index in [1.807, 2.05) is 38.1 Å². The summed E-state index contributed by atoms with van der Waals surface area (Å²) in [5, 5.41) is 14.4. The third-order valence-electron chi connectivity index (χ3n) is 3.88. The second kappa shape index (κ2) is 8.70. The van der Waals surface area contributed by atoms with Crippen LogP contribution in [-0.2, 0) is 27.5 Å². The molecule has 10 heteroatoms. The van der Waals surface area contributed by atoms with E-state index in [2.05, 4.69) is 20.4 Å². The van der Waals surface area contributed by atoms with E-state index in [9.17, 15) is 9.59 Å². The molecule has 9 nitrogen and oxygen atoms in total. The number of thiazole rings is 1. The first kappa shape index (κ1) is 19.6. The van der Waals surface area contributed by atoms with Crippen molar-refractivity contribution in [3.8, 4) is 11.4 Å². The van der Waals surface area contributed by atoms with Crippen molar-refractivity contribution in [3.63, 3.8) is 0 Å². The third kappa shape index (κ3) is 4.77.